The Hall–Kier alpha value is -1.83. The van der Waals surface area contributed by atoms with E-state index in [1.165, 1.54) is 12.1 Å². The number of sulfone groups is 1. The molecule has 0 spiro atoms. The van der Waals surface area contributed by atoms with Crippen molar-refractivity contribution in [2.45, 2.75) is 4.90 Å². The molecule has 0 atom stereocenters. The zero-order valence-electron chi connectivity index (χ0n) is 9.17. The van der Waals surface area contributed by atoms with Crippen molar-refractivity contribution in [3.8, 4) is 22.9 Å². The molecule has 0 N–H and O–H groups in total. The lowest BCUT2D eigenvalue weighted by molar-refractivity contribution is 0.606. The number of hydrogen-bond donors (Lipinski definition) is 0. The van der Waals surface area contributed by atoms with Crippen molar-refractivity contribution >= 4 is 21.4 Å². The van der Waals surface area contributed by atoms with Crippen LogP contribution in [0.2, 0.25) is 5.02 Å². The fourth-order valence-corrected chi connectivity index (χ4v) is 2.62. The summed E-state index contributed by atoms with van der Waals surface area (Å²) in [5, 5.41) is 1.85. The van der Waals surface area contributed by atoms with Crippen molar-refractivity contribution < 1.29 is 8.42 Å². The van der Waals surface area contributed by atoms with Crippen molar-refractivity contribution in [2.24, 2.45) is 0 Å². The maximum absolute atomic E-state index is 11.7. The third-order valence-electron chi connectivity index (χ3n) is 2.34. The number of pyridine rings is 1. The first-order valence-electron chi connectivity index (χ1n) is 4.98. The van der Waals surface area contributed by atoms with Crippen LogP contribution in [0.15, 0.2) is 47.5 Å². The summed E-state index contributed by atoms with van der Waals surface area (Å²) >= 11 is 5.85. The first kappa shape index (κ1) is 12.6. The fraction of sp³-hybridized carbons (Fsp3) is 0. The number of benzene rings is 1. The molecule has 1 heterocycles. The molecule has 5 heteroatoms. The largest absolute Gasteiger partial charge is 0.256 e. The molecule has 0 unspecified atom stereocenters. The third-order valence-corrected chi connectivity index (χ3v) is 4.01. The Morgan fingerprint density at radius 2 is 2.00 bits per heavy atom. The maximum Gasteiger partial charge on any atom is 0.246 e. The SMILES string of the molecule is C#CS(=O)(=O)c1cc(-c2ccccn2)ccc1Cl. The van der Waals surface area contributed by atoms with Gasteiger partial charge in [-0.25, -0.2) is 8.42 Å². The highest BCUT2D eigenvalue weighted by Gasteiger charge is 2.16. The average molecular weight is 278 g/mol. The van der Waals surface area contributed by atoms with E-state index in [1.54, 1.807) is 29.6 Å². The quantitative estimate of drug-likeness (QED) is 0.626. The Labute approximate surface area is 110 Å². The Balaban J connectivity index is 2.63. The Kier molecular flexibility index (Phi) is 3.37. The predicted octanol–water partition coefficient (Wildman–Crippen LogP) is 2.77. The molecular weight excluding hydrogens is 270 g/mol. The molecule has 18 heavy (non-hydrogen) atoms. The van der Waals surface area contributed by atoms with E-state index in [1.807, 2.05) is 6.07 Å². The Morgan fingerprint density at radius 1 is 1.22 bits per heavy atom. The lowest BCUT2D eigenvalue weighted by Gasteiger charge is -2.05. The molecule has 2 aromatic rings. The molecule has 0 saturated carbocycles. The average Bonchev–Trinajstić information content (AvgIpc) is 2.40. The Bertz CT molecular complexity index is 718. The highest BCUT2D eigenvalue weighted by atomic mass is 35.5. The minimum atomic E-state index is -3.79. The summed E-state index contributed by atoms with van der Waals surface area (Å²) in [4.78, 5) is 4.06. The summed E-state index contributed by atoms with van der Waals surface area (Å²) < 4.78 is 23.3. The molecular formula is C13H8ClNO2S. The minimum Gasteiger partial charge on any atom is -0.256 e. The predicted molar refractivity (Wildman–Crippen MR) is 70.7 cm³/mol. The van der Waals surface area contributed by atoms with Gasteiger partial charge in [-0.2, -0.15) is 0 Å². The summed E-state index contributed by atoms with van der Waals surface area (Å²) in [5.74, 6) is 0. The van der Waals surface area contributed by atoms with E-state index in [-0.39, 0.29) is 9.92 Å². The van der Waals surface area contributed by atoms with Crippen LogP contribution in [0.5, 0.6) is 0 Å². The van der Waals surface area contributed by atoms with Crippen LogP contribution in [0.3, 0.4) is 0 Å². The van der Waals surface area contributed by atoms with Gasteiger partial charge in [-0.1, -0.05) is 23.7 Å². The van der Waals surface area contributed by atoms with Crippen LogP contribution >= 0.6 is 11.6 Å². The highest BCUT2D eigenvalue weighted by Crippen LogP contribution is 2.27. The van der Waals surface area contributed by atoms with Crippen LogP contribution in [-0.4, -0.2) is 13.4 Å². The summed E-state index contributed by atoms with van der Waals surface area (Å²) in [6.45, 7) is 0. The molecule has 0 saturated heterocycles. The van der Waals surface area contributed by atoms with Crippen molar-refractivity contribution in [1.82, 2.24) is 4.98 Å². The van der Waals surface area contributed by atoms with E-state index >= 15 is 0 Å². The number of aromatic nitrogens is 1. The monoisotopic (exact) mass is 277 g/mol. The molecule has 1 aromatic carbocycles. The van der Waals surface area contributed by atoms with Gasteiger partial charge in [-0.15, -0.1) is 6.42 Å². The highest BCUT2D eigenvalue weighted by molar-refractivity contribution is 7.96. The molecule has 0 fully saturated rings. The van der Waals surface area contributed by atoms with Crippen LogP contribution in [-0.2, 0) is 9.84 Å². The standard InChI is InChI=1S/C13H8ClNO2S/c1-2-18(16,17)13-9-10(6-7-11(13)14)12-5-3-4-8-15-12/h1,3-9H. The van der Waals surface area contributed by atoms with E-state index in [2.05, 4.69) is 4.98 Å². The minimum absolute atomic E-state index is 0.0742. The molecule has 3 nitrogen and oxygen atoms in total. The van der Waals surface area contributed by atoms with Crippen molar-refractivity contribution in [3.05, 3.63) is 47.6 Å². The number of nitrogens with zero attached hydrogens (tertiary/aromatic N) is 1. The zero-order valence-corrected chi connectivity index (χ0v) is 10.7. The number of rotatable bonds is 2. The molecule has 0 bridgehead atoms. The van der Waals surface area contributed by atoms with E-state index in [4.69, 9.17) is 18.0 Å². The second kappa shape index (κ2) is 4.81. The van der Waals surface area contributed by atoms with Gasteiger partial charge in [-0.05, 0) is 24.3 Å². The summed E-state index contributed by atoms with van der Waals surface area (Å²) in [5.41, 5.74) is 1.30. The van der Waals surface area contributed by atoms with E-state index < -0.39 is 9.84 Å². The molecule has 0 aliphatic carbocycles. The molecule has 0 amide bonds. The van der Waals surface area contributed by atoms with Gasteiger partial charge in [0.25, 0.3) is 0 Å². The Morgan fingerprint density at radius 3 is 2.61 bits per heavy atom. The second-order valence-corrected chi connectivity index (χ2v) is 5.57. The van der Waals surface area contributed by atoms with E-state index in [0.717, 1.165) is 0 Å². The molecule has 1 aromatic heterocycles. The van der Waals surface area contributed by atoms with Gasteiger partial charge in [0.15, 0.2) is 0 Å². The lowest BCUT2D eigenvalue weighted by Crippen LogP contribution is -1.98. The van der Waals surface area contributed by atoms with Gasteiger partial charge in [0.05, 0.1) is 15.6 Å². The van der Waals surface area contributed by atoms with Gasteiger partial charge < -0.3 is 0 Å². The summed E-state index contributed by atoms with van der Waals surface area (Å²) in [7, 11) is -3.79. The lowest BCUT2D eigenvalue weighted by atomic mass is 10.1. The second-order valence-electron chi connectivity index (χ2n) is 3.48. The van der Waals surface area contributed by atoms with Crippen LogP contribution in [0.4, 0.5) is 0 Å². The molecule has 0 aliphatic rings. The summed E-state index contributed by atoms with van der Waals surface area (Å²) in [6, 6.07) is 9.98. The molecule has 0 radical (unpaired) electrons. The third kappa shape index (κ3) is 2.37. The van der Waals surface area contributed by atoms with Gasteiger partial charge in [0.1, 0.15) is 0 Å². The number of hydrogen-bond acceptors (Lipinski definition) is 3. The molecule has 0 aliphatic heterocycles. The van der Waals surface area contributed by atoms with E-state index in [0.29, 0.717) is 11.3 Å². The van der Waals surface area contributed by atoms with Gasteiger partial charge >= 0.3 is 0 Å². The molecule has 2 rings (SSSR count). The smallest absolute Gasteiger partial charge is 0.246 e. The van der Waals surface area contributed by atoms with Crippen LogP contribution in [0, 0.1) is 11.7 Å². The number of terminal acetylenes is 1. The molecule has 90 valence electrons. The van der Waals surface area contributed by atoms with Gasteiger partial charge in [-0.3, -0.25) is 4.98 Å². The zero-order chi connectivity index (χ0) is 13.2. The van der Waals surface area contributed by atoms with Crippen molar-refractivity contribution in [3.63, 3.8) is 0 Å². The fourth-order valence-electron chi connectivity index (χ4n) is 1.47. The van der Waals surface area contributed by atoms with Gasteiger partial charge in [0.2, 0.25) is 9.84 Å². The number of halogens is 1. The maximum atomic E-state index is 11.7. The van der Waals surface area contributed by atoms with Crippen LogP contribution in [0.1, 0.15) is 0 Å². The topological polar surface area (TPSA) is 47.0 Å². The van der Waals surface area contributed by atoms with Crippen molar-refractivity contribution in [2.75, 3.05) is 0 Å². The summed E-state index contributed by atoms with van der Waals surface area (Å²) in [6.07, 6.45) is 6.61. The van der Waals surface area contributed by atoms with Crippen LogP contribution in [0.25, 0.3) is 11.3 Å². The van der Waals surface area contributed by atoms with Crippen LogP contribution < -0.4 is 0 Å². The van der Waals surface area contributed by atoms with Crippen molar-refractivity contribution in [1.29, 1.82) is 0 Å². The van der Waals surface area contributed by atoms with Gasteiger partial charge in [0, 0.05) is 17.0 Å². The first-order chi connectivity index (χ1) is 8.54. The first-order valence-corrected chi connectivity index (χ1v) is 6.84. The van der Waals surface area contributed by atoms with E-state index in [9.17, 15) is 8.42 Å². The normalized spacial score (nSPS) is 10.9.